The highest BCUT2D eigenvalue weighted by Crippen LogP contribution is 2.61. The van der Waals surface area contributed by atoms with Crippen LogP contribution in [0.25, 0.3) is 11.1 Å². The first-order valence-electron chi connectivity index (χ1n) is 12.7. The lowest BCUT2D eigenvalue weighted by molar-refractivity contribution is -0.00909. The zero-order chi connectivity index (χ0) is 27.3. The normalized spacial score (nSPS) is 22.2. The number of epoxide rings is 1. The minimum absolute atomic E-state index is 0.0397. The summed E-state index contributed by atoms with van der Waals surface area (Å²) in [5.74, 6) is 2.36. The van der Waals surface area contributed by atoms with Crippen LogP contribution in [0.5, 0.6) is 34.5 Å². The molecule has 9 heteroatoms. The molecule has 0 aromatic heterocycles. The molecule has 2 heterocycles. The van der Waals surface area contributed by atoms with Crippen LogP contribution >= 0.6 is 0 Å². The van der Waals surface area contributed by atoms with Crippen molar-refractivity contribution in [2.24, 2.45) is 5.92 Å². The number of carbonyl (C=O) groups excluding carboxylic acids is 1. The Kier molecular flexibility index (Phi) is 6.18. The average Bonchev–Trinajstić information content (AvgIpc) is 3.64. The molecule has 1 fully saturated rings. The summed E-state index contributed by atoms with van der Waals surface area (Å²) in [4.78, 5) is 13.5. The molecular weight excluding hydrogens is 504 g/mol. The van der Waals surface area contributed by atoms with Crippen molar-refractivity contribution in [3.05, 3.63) is 59.2 Å². The number of rotatable bonds is 6. The smallest absolute Gasteiger partial charge is 0.338 e. The first kappa shape index (κ1) is 25.2. The van der Waals surface area contributed by atoms with E-state index < -0.39 is 17.7 Å². The molecule has 3 atom stereocenters. The number of esters is 1. The first-order valence-corrected chi connectivity index (χ1v) is 12.7. The quantitative estimate of drug-likeness (QED) is 0.321. The fourth-order valence-electron chi connectivity index (χ4n) is 5.79. The zero-order valence-electron chi connectivity index (χ0n) is 22.5. The van der Waals surface area contributed by atoms with Crippen LogP contribution in [0.15, 0.2) is 42.5 Å². The molecule has 6 rings (SSSR count). The number of hydrogen-bond acceptors (Lipinski definition) is 9. The molecule has 3 aromatic carbocycles. The Labute approximate surface area is 226 Å². The minimum Gasteiger partial charge on any atom is -0.493 e. The Balaban J connectivity index is 1.67. The van der Waals surface area contributed by atoms with Crippen LogP contribution in [0.1, 0.15) is 34.5 Å². The van der Waals surface area contributed by atoms with Gasteiger partial charge in [0.05, 0.1) is 40.6 Å². The van der Waals surface area contributed by atoms with E-state index in [-0.39, 0.29) is 12.7 Å². The molecule has 0 N–H and O–H groups in total. The Morgan fingerprint density at radius 1 is 0.897 bits per heavy atom. The second-order valence-electron chi connectivity index (χ2n) is 9.79. The predicted molar refractivity (Wildman–Crippen MR) is 140 cm³/mol. The molecule has 3 aliphatic rings. The molecule has 204 valence electrons. The van der Waals surface area contributed by atoms with Gasteiger partial charge in [0.2, 0.25) is 18.3 Å². The van der Waals surface area contributed by atoms with Gasteiger partial charge >= 0.3 is 5.97 Å². The van der Waals surface area contributed by atoms with E-state index in [4.69, 9.17) is 37.9 Å². The molecule has 0 radical (unpaired) electrons. The highest BCUT2D eigenvalue weighted by molar-refractivity contribution is 5.91. The van der Waals surface area contributed by atoms with E-state index in [2.05, 4.69) is 6.92 Å². The van der Waals surface area contributed by atoms with Crippen molar-refractivity contribution in [3.63, 3.8) is 0 Å². The molecule has 1 spiro atoms. The largest absolute Gasteiger partial charge is 0.493 e. The lowest BCUT2D eigenvalue weighted by atomic mass is 9.75. The molecule has 0 bridgehead atoms. The summed E-state index contributed by atoms with van der Waals surface area (Å²) in [6.07, 6.45) is -0.189. The molecular formula is C30H30O9. The summed E-state index contributed by atoms with van der Waals surface area (Å²) in [6, 6.07) is 12.7. The van der Waals surface area contributed by atoms with Gasteiger partial charge in [0.25, 0.3) is 0 Å². The van der Waals surface area contributed by atoms with Crippen molar-refractivity contribution in [2.45, 2.75) is 25.0 Å². The van der Waals surface area contributed by atoms with Crippen LogP contribution in [0.3, 0.4) is 0 Å². The van der Waals surface area contributed by atoms with Crippen LogP contribution < -0.4 is 28.4 Å². The van der Waals surface area contributed by atoms with E-state index in [0.29, 0.717) is 64.2 Å². The number of methoxy groups -OCH3 is 4. The fraction of sp³-hybridized carbons (Fsp3) is 0.367. The Bertz CT molecular complexity index is 1430. The zero-order valence-corrected chi connectivity index (χ0v) is 22.5. The van der Waals surface area contributed by atoms with Gasteiger partial charge in [-0.15, -0.1) is 0 Å². The fourth-order valence-corrected chi connectivity index (χ4v) is 5.79. The first-order chi connectivity index (χ1) is 19.0. The maximum Gasteiger partial charge on any atom is 0.338 e. The van der Waals surface area contributed by atoms with Crippen molar-refractivity contribution in [1.29, 1.82) is 0 Å². The van der Waals surface area contributed by atoms with Gasteiger partial charge in [-0.1, -0.05) is 25.1 Å². The average molecular weight is 535 g/mol. The van der Waals surface area contributed by atoms with E-state index in [9.17, 15) is 4.79 Å². The summed E-state index contributed by atoms with van der Waals surface area (Å²) < 4.78 is 47.5. The van der Waals surface area contributed by atoms with E-state index in [0.717, 1.165) is 11.1 Å². The summed E-state index contributed by atoms with van der Waals surface area (Å²) in [6.45, 7) is 2.61. The van der Waals surface area contributed by atoms with Crippen LogP contribution in [0.2, 0.25) is 0 Å². The summed E-state index contributed by atoms with van der Waals surface area (Å²) in [5.41, 5.74) is 2.68. The lowest BCUT2D eigenvalue weighted by Crippen LogP contribution is -2.36. The van der Waals surface area contributed by atoms with E-state index in [1.54, 1.807) is 52.7 Å². The van der Waals surface area contributed by atoms with E-state index >= 15 is 0 Å². The second-order valence-corrected chi connectivity index (χ2v) is 9.79. The van der Waals surface area contributed by atoms with Gasteiger partial charge in [-0.05, 0) is 42.2 Å². The van der Waals surface area contributed by atoms with E-state index in [1.165, 1.54) is 0 Å². The number of ether oxygens (including phenoxy) is 8. The van der Waals surface area contributed by atoms with Crippen LogP contribution in [-0.2, 0) is 15.9 Å². The highest BCUT2D eigenvalue weighted by atomic mass is 16.7. The lowest BCUT2D eigenvalue weighted by Gasteiger charge is -2.35. The van der Waals surface area contributed by atoms with Gasteiger partial charge in [-0.2, -0.15) is 0 Å². The Hall–Kier alpha value is -4.11. The minimum atomic E-state index is -0.785. The summed E-state index contributed by atoms with van der Waals surface area (Å²) in [5, 5.41) is 0. The molecule has 3 aromatic rings. The van der Waals surface area contributed by atoms with Crippen LogP contribution in [-0.4, -0.2) is 53.4 Å². The monoisotopic (exact) mass is 534 g/mol. The number of benzene rings is 3. The van der Waals surface area contributed by atoms with Crippen molar-refractivity contribution >= 4 is 5.97 Å². The van der Waals surface area contributed by atoms with Gasteiger partial charge in [-0.25, -0.2) is 4.79 Å². The predicted octanol–water partition coefficient (Wildman–Crippen LogP) is 4.98. The summed E-state index contributed by atoms with van der Waals surface area (Å²) >= 11 is 0. The van der Waals surface area contributed by atoms with Crippen LogP contribution in [0, 0.1) is 5.92 Å². The van der Waals surface area contributed by atoms with Gasteiger partial charge < -0.3 is 37.9 Å². The molecule has 2 aliphatic heterocycles. The maximum absolute atomic E-state index is 13.5. The third kappa shape index (κ3) is 3.83. The maximum atomic E-state index is 13.5. The number of carbonyl (C=O) groups is 1. The number of hydrogen-bond donors (Lipinski definition) is 0. The molecule has 39 heavy (non-hydrogen) atoms. The number of fused-ring (bicyclic) bond motifs is 4. The van der Waals surface area contributed by atoms with Crippen molar-refractivity contribution in [1.82, 2.24) is 0 Å². The molecule has 0 saturated carbocycles. The Morgan fingerprint density at radius 2 is 1.62 bits per heavy atom. The second kappa shape index (κ2) is 9.57. The van der Waals surface area contributed by atoms with Gasteiger partial charge in [-0.3, -0.25) is 0 Å². The highest BCUT2D eigenvalue weighted by Gasteiger charge is 2.60. The van der Waals surface area contributed by atoms with Crippen molar-refractivity contribution < 1.29 is 42.7 Å². The SMILES string of the molecule is COc1cc2c(c(OC)c1OC)-c1c(cc3c(c1OC)OCO3)C[C@H](C)[C@]1(CO1)[C@H]2OC(=O)c1ccccc1. The van der Waals surface area contributed by atoms with Gasteiger partial charge in [0, 0.05) is 16.7 Å². The van der Waals surface area contributed by atoms with Crippen molar-refractivity contribution in [3.8, 4) is 45.6 Å². The standard InChI is InChI=1S/C30H30O9/c1-16-11-18-12-21-25(37-15-36-21)26(34-4)22(18)23-19(13-20(32-2)24(33-3)27(23)35-5)28(30(16)14-38-30)39-29(31)17-9-7-6-8-10-17/h6-10,12-13,16,28H,11,14-15H2,1-5H3/t16-,28-,30+/m0/s1. The van der Waals surface area contributed by atoms with Gasteiger partial charge in [0.15, 0.2) is 29.1 Å². The molecule has 9 nitrogen and oxygen atoms in total. The molecule has 0 unspecified atom stereocenters. The molecule has 0 amide bonds. The van der Waals surface area contributed by atoms with Crippen molar-refractivity contribution in [2.75, 3.05) is 41.8 Å². The Morgan fingerprint density at radius 3 is 2.26 bits per heavy atom. The molecule has 1 aliphatic carbocycles. The van der Waals surface area contributed by atoms with E-state index in [1.807, 2.05) is 18.2 Å². The summed E-state index contributed by atoms with van der Waals surface area (Å²) in [7, 11) is 6.25. The third-order valence-corrected chi connectivity index (χ3v) is 7.81. The topological polar surface area (TPSA) is 94.2 Å². The van der Waals surface area contributed by atoms with Gasteiger partial charge in [0.1, 0.15) is 5.60 Å². The molecule has 1 saturated heterocycles. The third-order valence-electron chi connectivity index (χ3n) is 7.81. The van der Waals surface area contributed by atoms with Crippen LogP contribution in [0.4, 0.5) is 0 Å².